The molecule has 2 aliphatic rings. The summed E-state index contributed by atoms with van der Waals surface area (Å²) in [6.45, 7) is 0.373. The van der Waals surface area contributed by atoms with Crippen LogP contribution in [-0.2, 0) is 16.1 Å². The Balaban J connectivity index is 1.20. The Kier molecular flexibility index (Phi) is 11.2. The minimum Gasteiger partial charge on any atom is -0.508 e. The SMILES string of the molecule is O=C(CCCCCCC(=O)Nc1ccc(CNC(=S)Nc2ccc(-c3c4ccc(=O)cc-4oc4cc(O)ccc34)c(C(=O)O)c2)cc1)NO. The summed E-state index contributed by atoms with van der Waals surface area (Å²) >= 11 is 5.47. The fraction of sp³-hybridized carbons (Fsp3) is 0.194. The second-order valence-electron chi connectivity index (χ2n) is 11.4. The summed E-state index contributed by atoms with van der Waals surface area (Å²) in [7, 11) is 0. The molecular formula is C36H34N4O8S. The van der Waals surface area contributed by atoms with E-state index in [0.29, 0.717) is 64.8 Å². The van der Waals surface area contributed by atoms with Crippen molar-refractivity contribution in [3.8, 4) is 28.2 Å². The number of nitrogens with one attached hydrogen (secondary N) is 4. The molecule has 1 aliphatic heterocycles. The van der Waals surface area contributed by atoms with Crippen molar-refractivity contribution in [3.63, 3.8) is 0 Å². The molecule has 252 valence electrons. The summed E-state index contributed by atoms with van der Waals surface area (Å²) in [5.41, 5.74) is 5.10. The first-order valence-corrected chi connectivity index (χ1v) is 16.0. The Morgan fingerprint density at radius 2 is 1.45 bits per heavy atom. The molecule has 0 aromatic heterocycles. The van der Waals surface area contributed by atoms with Crippen LogP contribution < -0.4 is 26.9 Å². The molecule has 0 bridgehead atoms. The molecule has 3 aromatic carbocycles. The number of aromatic hydroxyl groups is 1. The highest BCUT2D eigenvalue weighted by molar-refractivity contribution is 7.80. The van der Waals surface area contributed by atoms with Crippen molar-refractivity contribution in [2.45, 2.75) is 45.1 Å². The van der Waals surface area contributed by atoms with Crippen LogP contribution in [0.2, 0.25) is 0 Å². The lowest BCUT2D eigenvalue weighted by Gasteiger charge is -2.18. The van der Waals surface area contributed by atoms with E-state index in [9.17, 15) is 29.4 Å². The maximum atomic E-state index is 12.5. The molecule has 0 spiro atoms. The number of benzene rings is 4. The zero-order valence-electron chi connectivity index (χ0n) is 26.2. The van der Waals surface area contributed by atoms with Crippen LogP contribution in [0.5, 0.6) is 5.75 Å². The molecule has 1 heterocycles. The van der Waals surface area contributed by atoms with Crippen molar-refractivity contribution in [3.05, 3.63) is 100 Å². The van der Waals surface area contributed by atoms with Crippen LogP contribution in [0.15, 0.2) is 88.1 Å². The Labute approximate surface area is 286 Å². The van der Waals surface area contributed by atoms with Gasteiger partial charge in [-0.3, -0.25) is 19.6 Å². The Morgan fingerprint density at radius 1 is 0.755 bits per heavy atom. The number of aromatic carboxylic acids is 1. The van der Waals surface area contributed by atoms with Crippen molar-refractivity contribution in [2.24, 2.45) is 0 Å². The van der Waals surface area contributed by atoms with E-state index >= 15 is 0 Å². The van der Waals surface area contributed by atoms with Crippen LogP contribution >= 0.6 is 12.2 Å². The Hall–Kier alpha value is -5.79. The number of anilines is 2. The summed E-state index contributed by atoms with van der Waals surface area (Å²) in [6, 6.07) is 21.0. The van der Waals surface area contributed by atoms with Gasteiger partial charge in [0.1, 0.15) is 17.1 Å². The quantitative estimate of drug-likeness (QED) is 0.0245. The minimum absolute atomic E-state index is 0.00870. The monoisotopic (exact) mass is 682 g/mol. The fourth-order valence-electron chi connectivity index (χ4n) is 5.43. The van der Waals surface area contributed by atoms with E-state index in [0.717, 1.165) is 18.4 Å². The molecule has 12 nitrogen and oxygen atoms in total. The minimum atomic E-state index is -1.17. The number of carbonyl (C=O) groups is 3. The van der Waals surface area contributed by atoms with Crippen molar-refractivity contribution in [2.75, 3.05) is 10.6 Å². The highest BCUT2D eigenvalue weighted by atomic mass is 32.1. The molecule has 3 aromatic rings. The van der Waals surface area contributed by atoms with Gasteiger partial charge in [-0.25, -0.2) is 10.3 Å². The third-order valence-electron chi connectivity index (χ3n) is 7.83. The molecule has 2 amide bonds. The number of amides is 2. The van der Waals surface area contributed by atoms with Gasteiger partial charge in [0, 0.05) is 59.4 Å². The molecule has 0 radical (unpaired) electrons. The predicted octanol–water partition coefficient (Wildman–Crippen LogP) is 6.24. The smallest absolute Gasteiger partial charge is 0.336 e. The van der Waals surface area contributed by atoms with E-state index in [4.69, 9.17) is 21.8 Å². The number of carboxylic acid groups (broad SMARTS) is 1. The first-order valence-electron chi connectivity index (χ1n) is 15.5. The van der Waals surface area contributed by atoms with E-state index in [1.807, 2.05) is 12.1 Å². The highest BCUT2D eigenvalue weighted by Gasteiger charge is 2.22. The van der Waals surface area contributed by atoms with Gasteiger partial charge < -0.3 is 30.6 Å². The van der Waals surface area contributed by atoms with E-state index in [-0.39, 0.29) is 39.9 Å². The molecule has 0 saturated heterocycles. The van der Waals surface area contributed by atoms with Crippen molar-refractivity contribution in [1.82, 2.24) is 10.8 Å². The van der Waals surface area contributed by atoms with Gasteiger partial charge >= 0.3 is 5.97 Å². The van der Waals surface area contributed by atoms with Gasteiger partial charge in [0.25, 0.3) is 0 Å². The maximum Gasteiger partial charge on any atom is 0.336 e. The number of carboxylic acids is 1. The largest absolute Gasteiger partial charge is 0.508 e. The third-order valence-corrected chi connectivity index (χ3v) is 8.07. The molecule has 49 heavy (non-hydrogen) atoms. The number of fused-ring (bicyclic) bond motifs is 2. The summed E-state index contributed by atoms with van der Waals surface area (Å²) in [6.07, 6.45) is 3.56. The summed E-state index contributed by atoms with van der Waals surface area (Å²) < 4.78 is 5.89. The molecule has 7 N–H and O–H groups in total. The summed E-state index contributed by atoms with van der Waals surface area (Å²) in [4.78, 5) is 47.9. The number of carbonyl (C=O) groups excluding carboxylic acids is 2. The number of hydrogen-bond acceptors (Lipinski definition) is 8. The van der Waals surface area contributed by atoms with Gasteiger partial charge in [0.15, 0.2) is 10.5 Å². The van der Waals surface area contributed by atoms with Crippen molar-refractivity contribution >= 4 is 57.5 Å². The molecule has 5 rings (SSSR count). The standard InChI is InChI=1S/C36H34N4O8S/c41-24-12-15-27-30(18-24)48-31-19-25(42)13-16-28(31)34(27)26-14-11-23(17-29(26)35(45)46)39-36(49)37-20-21-7-9-22(10-8-21)38-32(43)5-3-1-2-4-6-33(44)40-47/h7-19,41,47H,1-6,20H2,(H,38,43)(H,40,44)(H,45,46)(H2,37,39,49). The topological polar surface area (TPSA) is 190 Å². The second-order valence-corrected chi connectivity index (χ2v) is 11.8. The zero-order chi connectivity index (χ0) is 34.9. The van der Waals surface area contributed by atoms with Gasteiger partial charge in [0.2, 0.25) is 11.8 Å². The number of thiocarbonyl (C=S) groups is 1. The van der Waals surface area contributed by atoms with Gasteiger partial charge in [-0.2, -0.15) is 0 Å². The van der Waals surface area contributed by atoms with Crippen LogP contribution in [0.25, 0.3) is 33.4 Å². The van der Waals surface area contributed by atoms with Crippen LogP contribution in [0.1, 0.15) is 54.4 Å². The van der Waals surface area contributed by atoms with Crippen LogP contribution in [0.3, 0.4) is 0 Å². The lowest BCUT2D eigenvalue weighted by molar-refractivity contribution is -0.129. The van der Waals surface area contributed by atoms with Gasteiger partial charge in [-0.05, 0) is 84.7 Å². The summed E-state index contributed by atoms with van der Waals surface area (Å²) in [5.74, 6) is -1.46. The van der Waals surface area contributed by atoms with Gasteiger partial charge in [-0.1, -0.05) is 31.0 Å². The first kappa shape index (κ1) is 34.5. The van der Waals surface area contributed by atoms with Gasteiger partial charge in [-0.15, -0.1) is 0 Å². The second kappa shape index (κ2) is 15.9. The van der Waals surface area contributed by atoms with Crippen molar-refractivity contribution < 1.29 is 34.2 Å². The molecule has 0 saturated carbocycles. The zero-order valence-corrected chi connectivity index (χ0v) is 27.1. The fourth-order valence-corrected chi connectivity index (χ4v) is 5.62. The lowest BCUT2D eigenvalue weighted by atomic mass is 9.90. The van der Waals surface area contributed by atoms with Crippen LogP contribution in [-0.4, -0.2) is 38.3 Å². The molecular weight excluding hydrogens is 648 g/mol. The average molecular weight is 683 g/mol. The Morgan fingerprint density at radius 3 is 2.16 bits per heavy atom. The number of phenolic OH excluding ortho intramolecular Hbond substituents is 1. The van der Waals surface area contributed by atoms with Crippen LogP contribution in [0.4, 0.5) is 11.4 Å². The van der Waals surface area contributed by atoms with E-state index in [1.165, 1.54) is 30.3 Å². The lowest BCUT2D eigenvalue weighted by Crippen LogP contribution is -2.28. The Bertz CT molecular complexity index is 2040. The highest BCUT2D eigenvalue weighted by Crippen LogP contribution is 2.42. The number of unbranched alkanes of at least 4 members (excludes halogenated alkanes) is 3. The van der Waals surface area contributed by atoms with Gasteiger partial charge in [0.05, 0.1) is 5.56 Å². The molecule has 0 atom stereocenters. The van der Waals surface area contributed by atoms with Crippen LogP contribution in [0, 0.1) is 0 Å². The summed E-state index contributed by atoms with van der Waals surface area (Å²) in [5, 5.41) is 38.6. The molecule has 1 aliphatic carbocycles. The predicted molar refractivity (Wildman–Crippen MR) is 189 cm³/mol. The first-order chi connectivity index (χ1) is 23.6. The molecule has 0 unspecified atom stereocenters. The van der Waals surface area contributed by atoms with E-state index < -0.39 is 11.9 Å². The number of rotatable bonds is 13. The molecule has 0 fully saturated rings. The maximum absolute atomic E-state index is 12.5. The normalized spacial score (nSPS) is 10.9. The number of hydrogen-bond donors (Lipinski definition) is 7. The number of phenols is 1. The van der Waals surface area contributed by atoms with Crippen molar-refractivity contribution in [1.29, 1.82) is 0 Å². The van der Waals surface area contributed by atoms with E-state index in [2.05, 4.69) is 16.0 Å². The number of hydroxylamine groups is 1. The van der Waals surface area contributed by atoms with E-state index in [1.54, 1.807) is 41.9 Å². The molecule has 13 heteroatoms. The third kappa shape index (κ3) is 8.97. The average Bonchev–Trinajstić information content (AvgIpc) is 3.08.